The fraction of sp³-hybridized carbons (Fsp3) is 0.250. The molecule has 0 bridgehead atoms. The van der Waals surface area contributed by atoms with Gasteiger partial charge in [0.15, 0.2) is 5.82 Å². The first kappa shape index (κ1) is 18.2. The molecule has 0 fully saturated rings. The third-order valence-corrected chi connectivity index (χ3v) is 4.79. The number of hydrogen-bond acceptors (Lipinski definition) is 3. The van der Waals surface area contributed by atoms with Crippen molar-refractivity contribution in [2.75, 3.05) is 5.01 Å². The molecule has 1 amide bonds. The molecule has 8 heteroatoms. The molecule has 0 spiro atoms. The average Bonchev–Trinajstić information content (AvgIpc) is 3.11. The highest BCUT2D eigenvalue weighted by Gasteiger charge is 2.45. The van der Waals surface area contributed by atoms with Crippen LogP contribution in [0.15, 0.2) is 54.6 Å². The van der Waals surface area contributed by atoms with E-state index in [-0.39, 0.29) is 18.8 Å². The SMILES string of the molecule is Cc1ccc(C2CC(=O)N(Cc3ccccc3)n3c2nnc3C(F)(F)F)cc1. The van der Waals surface area contributed by atoms with Crippen LogP contribution in [0.2, 0.25) is 0 Å². The smallest absolute Gasteiger partial charge is 0.273 e. The number of aromatic nitrogens is 3. The highest BCUT2D eigenvalue weighted by molar-refractivity contribution is 5.88. The number of hydrogen-bond donors (Lipinski definition) is 0. The van der Waals surface area contributed by atoms with Crippen molar-refractivity contribution >= 4 is 5.91 Å². The number of carbonyl (C=O) groups is 1. The van der Waals surface area contributed by atoms with Crippen molar-refractivity contribution in [2.24, 2.45) is 0 Å². The molecule has 1 aliphatic heterocycles. The lowest BCUT2D eigenvalue weighted by Crippen LogP contribution is -2.47. The maximum atomic E-state index is 13.6. The van der Waals surface area contributed by atoms with Crippen molar-refractivity contribution in [1.82, 2.24) is 14.9 Å². The third kappa shape index (κ3) is 3.26. The lowest BCUT2D eigenvalue weighted by Gasteiger charge is -2.33. The predicted molar refractivity (Wildman–Crippen MR) is 96.0 cm³/mol. The Morgan fingerprint density at radius 3 is 2.36 bits per heavy atom. The number of nitrogens with zero attached hydrogens (tertiary/aromatic N) is 4. The largest absolute Gasteiger partial charge is 0.453 e. The second-order valence-electron chi connectivity index (χ2n) is 6.80. The molecule has 28 heavy (non-hydrogen) atoms. The summed E-state index contributed by atoms with van der Waals surface area (Å²) < 4.78 is 41.5. The number of fused-ring (bicyclic) bond motifs is 1. The molecule has 1 aromatic heterocycles. The van der Waals surface area contributed by atoms with Crippen LogP contribution in [0.1, 0.15) is 40.7 Å². The molecule has 0 N–H and O–H groups in total. The minimum atomic E-state index is -4.73. The first-order valence-corrected chi connectivity index (χ1v) is 8.78. The lowest BCUT2D eigenvalue weighted by atomic mass is 9.92. The Hall–Kier alpha value is -3.16. The van der Waals surface area contributed by atoms with E-state index < -0.39 is 23.8 Å². The number of halogens is 3. The van der Waals surface area contributed by atoms with Gasteiger partial charge in [-0.2, -0.15) is 13.2 Å². The number of carbonyl (C=O) groups excluding carboxylic acids is 1. The van der Waals surface area contributed by atoms with E-state index in [1.807, 2.05) is 31.2 Å². The van der Waals surface area contributed by atoms with Crippen molar-refractivity contribution in [1.29, 1.82) is 0 Å². The Balaban J connectivity index is 1.82. The molecule has 4 rings (SSSR count). The second-order valence-corrected chi connectivity index (χ2v) is 6.80. The van der Waals surface area contributed by atoms with Crippen LogP contribution in [0, 0.1) is 6.92 Å². The van der Waals surface area contributed by atoms with E-state index in [0.29, 0.717) is 0 Å². The van der Waals surface area contributed by atoms with Crippen molar-refractivity contribution in [3.63, 3.8) is 0 Å². The van der Waals surface area contributed by atoms with Crippen LogP contribution < -0.4 is 5.01 Å². The Labute approximate surface area is 159 Å². The standard InChI is InChI=1S/C20H17F3N4O/c1-13-7-9-15(10-8-13)16-11-17(28)26(12-14-5-3-2-4-6-14)27-18(16)24-25-19(27)20(21,22)23/h2-10,16H,11-12H2,1H3. The molecule has 1 unspecified atom stereocenters. The number of aryl methyl sites for hydroxylation is 1. The zero-order valence-electron chi connectivity index (χ0n) is 15.0. The molecule has 2 aromatic carbocycles. The molecular formula is C20H17F3N4O. The van der Waals surface area contributed by atoms with Crippen LogP contribution >= 0.6 is 0 Å². The number of alkyl halides is 3. The highest BCUT2D eigenvalue weighted by atomic mass is 19.4. The van der Waals surface area contributed by atoms with Crippen LogP contribution in [0.25, 0.3) is 0 Å². The predicted octanol–water partition coefficient (Wildman–Crippen LogP) is 3.81. The summed E-state index contributed by atoms with van der Waals surface area (Å²) in [5.41, 5.74) is 2.48. The topological polar surface area (TPSA) is 51.0 Å². The summed E-state index contributed by atoms with van der Waals surface area (Å²) in [6.45, 7) is 1.93. The molecular weight excluding hydrogens is 369 g/mol. The summed E-state index contributed by atoms with van der Waals surface area (Å²) in [4.78, 5) is 12.9. The van der Waals surface area contributed by atoms with E-state index in [1.165, 1.54) is 0 Å². The van der Waals surface area contributed by atoms with Gasteiger partial charge in [0.1, 0.15) is 0 Å². The molecule has 0 saturated heterocycles. The van der Waals surface area contributed by atoms with E-state index in [9.17, 15) is 18.0 Å². The van der Waals surface area contributed by atoms with E-state index in [2.05, 4.69) is 10.2 Å². The quantitative estimate of drug-likeness (QED) is 0.688. The Kier molecular flexibility index (Phi) is 4.41. The molecule has 144 valence electrons. The fourth-order valence-electron chi connectivity index (χ4n) is 3.39. The minimum absolute atomic E-state index is 0.00834. The van der Waals surface area contributed by atoms with Gasteiger partial charge in [-0.1, -0.05) is 60.2 Å². The van der Waals surface area contributed by atoms with Gasteiger partial charge in [0.25, 0.3) is 5.82 Å². The summed E-state index contributed by atoms with van der Waals surface area (Å²) in [6.07, 6.45) is -4.69. The van der Waals surface area contributed by atoms with Gasteiger partial charge >= 0.3 is 6.18 Å². The molecule has 3 aromatic rings. The van der Waals surface area contributed by atoms with E-state index in [0.717, 1.165) is 26.4 Å². The molecule has 5 nitrogen and oxygen atoms in total. The molecule has 1 aliphatic rings. The van der Waals surface area contributed by atoms with Crippen LogP contribution in [0.3, 0.4) is 0 Å². The van der Waals surface area contributed by atoms with Gasteiger partial charge in [-0.05, 0) is 18.1 Å². The zero-order valence-corrected chi connectivity index (χ0v) is 15.0. The Morgan fingerprint density at radius 2 is 1.71 bits per heavy atom. The third-order valence-electron chi connectivity index (χ3n) is 4.79. The second kappa shape index (κ2) is 6.78. The minimum Gasteiger partial charge on any atom is -0.273 e. The van der Waals surface area contributed by atoms with Crippen LogP contribution in [-0.4, -0.2) is 20.8 Å². The van der Waals surface area contributed by atoms with Crippen molar-refractivity contribution in [3.8, 4) is 0 Å². The normalized spacial score (nSPS) is 16.9. The van der Waals surface area contributed by atoms with Crippen molar-refractivity contribution < 1.29 is 18.0 Å². The maximum Gasteiger partial charge on any atom is 0.453 e. The van der Waals surface area contributed by atoms with Gasteiger partial charge in [-0.3, -0.25) is 4.79 Å². The van der Waals surface area contributed by atoms with E-state index in [1.54, 1.807) is 30.3 Å². The van der Waals surface area contributed by atoms with Crippen LogP contribution in [0.5, 0.6) is 0 Å². The van der Waals surface area contributed by atoms with Gasteiger partial charge < -0.3 is 0 Å². The Morgan fingerprint density at radius 1 is 1.04 bits per heavy atom. The molecule has 0 radical (unpaired) electrons. The maximum absolute atomic E-state index is 13.6. The van der Waals surface area contributed by atoms with Gasteiger partial charge in [0, 0.05) is 6.42 Å². The average molecular weight is 386 g/mol. The monoisotopic (exact) mass is 386 g/mol. The van der Waals surface area contributed by atoms with Gasteiger partial charge in [-0.15, -0.1) is 10.2 Å². The molecule has 0 aliphatic carbocycles. The zero-order chi connectivity index (χ0) is 19.9. The van der Waals surface area contributed by atoms with Crippen molar-refractivity contribution in [2.45, 2.75) is 32.0 Å². The van der Waals surface area contributed by atoms with Gasteiger partial charge in [0.05, 0.1) is 12.5 Å². The number of amides is 1. The lowest BCUT2D eigenvalue weighted by molar-refractivity contribution is -0.148. The number of rotatable bonds is 3. The van der Waals surface area contributed by atoms with Crippen LogP contribution in [-0.2, 0) is 17.5 Å². The molecule has 1 atom stereocenters. The molecule has 0 saturated carbocycles. The van der Waals surface area contributed by atoms with E-state index in [4.69, 9.17) is 0 Å². The van der Waals surface area contributed by atoms with E-state index >= 15 is 0 Å². The summed E-state index contributed by atoms with van der Waals surface area (Å²) in [5.74, 6) is -2.06. The van der Waals surface area contributed by atoms with Gasteiger partial charge in [0.2, 0.25) is 5.91 Å². The first-order valence-electron chi connectivity index (χ1n) is 8.78. The fourth-order valence-corrected chi connectivity index (χ4v) is 3.39. The molecule has 2 heterocycles. The number of benzene rings is 2. The Bertz CT molecular complexity index is 997. The van der Waals surface area contributed by atoms with Gasteiger partial charge in [-0.25, -0.2) is 9.69 Å². The summed E-state index contributed by atoms with van der Waals surface area (Å²) in [5, 5.41) is 8.29. The summed E-state index contributed by atoms with van der Waals surface area (Å²) in [7, 11) is 0. The summed E-state index contributed by atoms with van der Waals surface area (Å²) >= 11 is 0. The summed E-state index contributed by atoms with van der Waals surface area (Å²) in [6, 6.07) is 16.2. The van der Waals surface area contributed by atoms with Crippen molar-refractivity contribution in [3.05, 3.63) is 82.9 Å². The van der Waals surface area contributed by atoms with Crippen LogP contribution in [0.4, 0.5) is 13.2 Å². The first-order chi connectivity index (χ1) is 13.3. The highest BCUT2D eigenvalue weighted by Crippen LogP contribution is 2.36.